The molecule has 0 aliphatic carbocycles. The number of carbonyl (C=O) groups excluding carboxylic acids is 2. The number of esters is 1. The van der Waals surface area contributed by atoms with Gasteiger partial charge in [0.2, 0.25) is 5.91 Å². The van der Waals surface area contributed by atoms with Crippen molar-refractivity contribution in [2.45, 2.75) is 39.0 Å². The number of ether oxygens (including phenoxy) is 1. The van der Waals surface area contributed by atoms with Gasteiger partial charge < -0.3 is 4.74 Å². The highest BCUT2D eigenvalue weighted by molar-refractivity contribution is 8.15. The van der Waals surface area contributed by atoms with Crippen LogP contribution in [0.3, 0.4) is 0 Å². The van der Waals surface area contributed by atoms with Crippen LogP contribution in [0, 0.1) is 11.7 Å². The number of thioether (sulfide) groups is 1. The third kappa shape index (κ3) is 3.40. The van der Waals surface area contributed by atoms with Gasteiger partial charge in [0, 0.05) is 0 Å². The van der Waals surface area contributed by atoms with Crippen molar-refractivity contribution >= 4 is 28.8 Å². The number of amides is 1. The second-order valence-corrected chi connectivity index (χ2v) is 8.12. The lowest BCUT2D eigenvalue weighted by atomic mass is 9.94. The third-order valence-corrected chi connectivity index (χ3v) is 5.24. The normalized spacial score (nSPS) is 22.6. The fraction of sp³-hybridized carbons (Fsp3) is 0.421. The highest BCUT2D eigenvalue weighted by Crippen LogP contribution is 2.43. The molecule has 0 spiro atoms. The Kier molecular flexibility index (Phi) is 5.18. The van der Waals surface area contributed by atoms with Gasteiger partial charge in [0.15, 0.2) is 5.17 Å². The van der Waals surface area contributed by atoms with Crippen LogP contribution >= 0.6 is 11.8 Å². The third-order valence-electron chi connectivity index (χ3n) is 4.19. The minimum absolute atomic E-state index is 0.148. The molecule has 2 aliphatic rings. The van der Waals surface area contributed by atoms with E-state index in [1.165, 1.54) is 28.8 Å². The van der Waals surface area contributed by atoms with E-state index in [4.69, 9.17) is 4.74 Å². The maximum atomic E-state index is 13.8. The quantitative estimate of drug-likeness (QED) is 0.753. The zero-order chi connectivity index (χ0) is 19.0. The molecular weight excluding hydrogens is 355 g/mol. The molecule has 7 heteroatoms. The minimum Gasteiger partial charge on any atom is -0.462 e. The molecule has 0 bridgehead atoms. The minimum atomic E-state index is -0.734. The molecule has 0 saturated carbocycles. The number of amidine groups is 1. The molecule has 1 fully saturated rings. The van der Waals surface area contributed by atoms with Gasteiger partial charge in [-0.15, -0.1) is 0 Å². The van der Waals surface area contributed by atoms with Crippen LogP contribution in [-0.2, 0) is 14.3 Å². The zero-order valence-electron chi connectivity index (χ0n) is 15.2. The van der Waals surface area contributed by atoms with E-state index in [0.29, 0.717) is 16.4 Å². The molecule has 0 aromatic heterocycles. The first-order valence-corrected chi connectivity index (χ1v) is 9.39. The van der Waals surface area contributed by atoms with E-state index < -0.39 is 17.8 Å². The molecule has 2 aliphatic heterocycles. The van der Waals surface area contributed by atoms with Gasteiger partial charge in [-0.2, -0.15) is 0 Å². The maximum absolute atomic E-state index is 13.8. The molecule has 0 N–H and O–H groups in total. The highest BCUT2D eigenvalue weighted by Gasteiger charge is 2.46. The Morgan fingerprint density at radius 3 is 2.81 bits per heavy atom. The van der Waals surface area contributed by atoms with Crippen LogP contribution in [0.25, 0.3) is 0 Å². The summed E-state index contributed by atoms with van der Waals surface area (Å²) < 4.78 is 19.2. The van der Waals surface area contributed by atoms with E-state index in [-0.39, 0.29) is 29.3 Å². The molecule has 1 aromatic rings. The van der Waals surface area contributed by atoms with Crippen LogP contribution in [0.2, 0.25) is 0 Å². The molecule has 5 nitrogen and oxygen atoms in total. The monoisotopic (exact) mass is 376 g/mol. The van der Waals surface area contributed by atoms with Gasteiger partial charge in [-0.3, -0.25) is 9.69 Å². The molecule has 1 saturated heterocycles. The lowest BCUT2D eigenvalue weighted by molar-refractivity contribution is -0.141. The first-order chi connectivity index (χ1) is 12.3. The summed E-state index contributed by atoms with van der Waals surface area (Å²) in [6, 6.07) is 5.22. The molecule has 3 rings (SSSR count). The number of aliphatic imine (C=N–C) groups is 1. The molecule has 26 heavy (non-hydrogen) atoms. The van der Waals surface area contributed by atoms with Crippen molar-refractivity contribution in [3.05, 3.63) is 46.9 Å². The SMILES string of the molecule is CC1=C(C(=O)OCC(C)C)[C@H](c2cccc(F)c2)N2C(=O)[C@@H](C)SC2=N1. The maximum Gasteiger partial charge on any atom is 0.338 e. The van der Waals surface area contributed by atoms with E-state index in [1.54, 1.807) is 26.0 Å². The molecule has 0 radical (unpaired) electrons. The topological polar surface area (TPSA) is 59.0 Å². The van der Waals surface area contributed by atoms with Crippen LogP contribution in [-0.4, -0.2) is 33.8 Å². The Balaban J connectivity index is 2.08. The first kappa shape index (κ1) is 18.6. The van der Waals surface area contributed by atoms with E-state index in [2.05, 4.69) is 4.99 Å². The van der Waals surface area contributed by atoms with Crippen LogP contribution in [0.4, 0.5) is 4.39 Å². The van der Waals surface area contributed by atoms with Crippen molar-refractivity contribution in [1.29, 1.82) is 0 Å². The van der Waals surface area contributed by atoms with Crippen LogP contribution in [0.5, 0.6) is 0 Å². The Hall–Kier alpha value is -2.15. The van der Waals surface area contributed by atoms with Crippen LogP contribution < -0.4 is 0 Å². The number of halogens is 1. The van der Waals surface area contributed by atoms with E-state index in [0.717, 1.165) is 0 Å². The molecule has 0 unspecified atom stereocenters. The summed E-state index contributed by atoms with van der Waals surface area (Å²) >= 11 is 1.34. The van der Waals surface area contributed by atoms with Crippen molar-refractivity contribution in [2.24, 2.45) is 10.9 Å². The zero-order valence-corrected chi connectivity index (χ0v) is 16.0. The average Bonchev–Trinajstić information content (AvgIpc) is 2.85. The van der Waals surface area contributed by atoms with Crippen molar-refractivity contribution < 1.29 is 18.7 Å². The van der Waals surface area contributed by atoms with E-state index in [1.807, 2.05) is 13.8 Å². The number of allylic oxidation sites excluding steroid dienone is 1. The predicted molar refractivity (Wildman–Crippen MR) is 99.0 cm³/mol. The number of hydrogen-bond acceptors (Lipinski definition) is 5. The summed E-state index contributed by atoms with van der Waals surface area (Å²) in [7, 11) is 0. The lowest BCUT2D eigenvalue weighted by Crippen LogP contribution is -2.40. The average molecular weight is 376 g/mol. The summed E-state index contributed by atoms with van der Waals surface area (Å²) in [5.74, 6) is -0.916. The summed E-state index contributed by atoms with van der Waals surface area (Å²) in [5, 5.41) is 0.235. The van der Waals surface area contributed by atoms with Gasteiger partial charge in [-0.05, 0) is 37.5 Å². The molecule has 2 heterocycles. The Bertz CT molecular complexity index is 819. The standard InChI is InChI=1S/C19H21FN2O3S/c1-10(2)9-25-18(24)15-11(3)21-19-22(17(23)12(4)26-19)16(15)13-6-5-7-14(20)8-13/h5-8,10,12,16H,9H2,1-4H3/t12-,16+/m1/s1. The van der Waals surface area contributed by atoms with Crippen molar-refractivity contribution in [3.63, 3.8) is 0 Å². The van der Waals surface area contributed by atoms with Gasteiger partial charge in [-0.1, -0.05) is 37.7 Å². The van der Waals surface area contributed by atoms with Gasteiger partial charge in [-0.25, -0.2) is 14.2 Å². The van der Waals surface area contributed by atoms with E-state index >= 15 is 0 Å². The summed E-state index contributed by atoms with van der Waals surface area (Å²) in [6.45, 7) is 7.66. The van der Waals surface area contributed by atoms with Gasteiger partial charge in [0.25, 0.3) is 0 Å². The van der Waals surface area contributed by atoms with Crippen LogP contribution in [0.1, 0.15) is 39.3 Å². The Morgan fingerprint density at radius 1 is 1.42 bits per heavy atom. The van der Waals surface area contributed by atoms with Crippen LogP contribution in [0.15, 0.2) is 40.5 Å². The number of benzene rings is 1. The number of rotatable bonds is 4. The van der Waals surface area contributed by atoms with Crippen molar-refractivity contribution in [1.82, 2.24) is 4.90 Å². The highest BCUT2D eigenvalue weighted by atomic mass is 32.2. The predicted octanol–water partition coefficient (Wildman–Crippen LogP) is 3.67. The second kappa shape index (κ2) is 7.23. The van der Waals surface area contributed by atoms with Gasteiger partial charge in [0.1, 0.15) is 5.82 Å². The lowest BCUT2D eigenvalue weighted by Gasteiger charge is -2.33. The number of hydrogen-bond donors (Lipinski definition) is 0. The number of carbonyl (C=O) groups is 2. The summed E-state index contributed by atoms with van der Waals surface area (Å²) in [5.41, 5.74) is 1.30. The van der Waals surface area contributed by atoms with Gasteiger partial charge >= 0.3 is 5.97 Å². The Labute approximate surface area is 156 Å². The molecule has 1 amide bonds. The van der Waals surface area contributed by atoms with E-state index in [9.17, 15) is 14.0 Å². The molecule has 2 atom stereocenters. The summed E-state index contributed by atoms with van der Waals surface area (Å²) in [6.07, 6.45) is 0. The first-order valence-electron chi connectivity index (χ1n) is 8.51. The summed E-state index contributed by atoms with van der Waals surface area (Å²) in [4.78, 5) is 31.4. The number of fused-ring (bicyclic) bond motifs is 1. The fourth-order valence-corrected chi connectivity index (χ4v) is 4.01. The number of nitrogens with zero attached hydrogens (tertiary/aromatic N) is 2. The van der Waals surface area contributed by atoms with Crippen molar-refractivity contribution in [2.75, 3.05) is 6.61 Å². The molecule has 138 valence electrons. The largest absolute Gasteiger partial charge is 0.462 e. The molecular formula is C19H21FN2O3S. The fourth-order valence-electron chi connectivity index (χ4n) is 2.98. The smallest absolute Gasteiger partial charge is 0.338 e. The Morgan fingerprint density at radius 2 is 2.15 bits per heavy atom. The van der Waals surface area contributed by atoms with Gasteiger partial charge in [0.05, 0.1) is 29.2 Å². The molecule has 1 aromatic carbocycles. The second-order valence-electron chi connectivity index (χ2n) is 6.81. The van der Waals surface area contributed by atoms with Crippen molar-refractivity contribution in [3.8, 4) is 0 Å².